The summed E-state index contributed by atoms with van der Waals surface area (Å²) >= 11 is 1.07. The molecule has 10 heteroatoms. The van der Waals surface area contributed by atoms with E-state index in [1.165, 1.54) is 12.3 Å². The summed E-state index contributed by atoms with van der Waals surface area (Å²) in [6, 6.07) is 3.36. The summed E-state index contributed by atoms with van der Waals surface area (Å²) in [6.07, 6.45) is 1.42. The molecule has 2 rings (SSSR count). The molecule has 0 unspecified atom stereocenters. The average molecular weight is 300 g/mol. The van der Waals surface area contributed by atoms with E-state index in [0.717, 1.165) is 23.5 Å². The van der Waals surface area contributed by atoms with Gasteiger partial charge in [-0.05, 0) is 12.1 Å². The number of nitrogens with zero attached hydrogens (tertiary/aromatic N) is 2. The van der Waals surface area contributed by atoms with Crippen LogP contribution in [-0.2, 0) is 10.0 Å². The van der Waals surface area contributed by atoms with Crippen molar-refractivity contribution in [2.75, 3.05) is 10.5 Å². The third-order valence-corrected chi connectivity index (χ3v) is 4.33. The van der Waals surface area contributed by atoms with E-state index in [0.29, 0.717) is 0 Å². The molecule has 1 aromatic carbocycles. The smallest absolute Gasteiger partial charge is 0.291 e. The first-order chi connectivity index (χ1) is 8.90. The van der Waals surface area contributed by atoms with E-state index in [2.05, 4.69) is 9.71 Å². The lowest BCUT2D eigenvalue weighted by Crippen LogP contribution is -2.14. The Labute approximate surface area is 112 Å². The molecule has 0 saturated heterocycles. The number of nitrogen functional groups attached to an aromatic ring is 1. The molecule has 0 aliphatic rings. The van der Waals surface area contributed by atoms with Crippen molar-refractivity contribution >= 4 is 37.9 Å². The Bertz CT molecular complexity index is 712. The van der Waals surface area contributed by atoms with E-state index >= 15 is 0 Å². The summed E-state index contributed by atoms with van der Waals surface area (Å²) in [5.74, 6) is 0. The Kier molecular flexibility index (Phi) is 3.36. The maximum Gasteiger partial charge on any atom is 0.291 e. The van der Waals surface area contributed by atoms with E-state index in [1.807, 2.05) is 0 Å². The zero-order valence-electron chi connectivity index (χ0n) is 9.31. The molecule has 0 spiro atoms. The van der Waals surface area contributed by atoms with Crippen molar-refractivity contribution in [2.45, 2.75) is 4.90 Å². The summed E-state index contributed by atoms with van der Waals surface area (Å²) in [4.78, 5) is 13.4. The topological polar surface area (TPSA) is 128 Å². The van der Waals surface area contributed by atoms with Gasteiger partial charge in [0.15, 0.2) is 10.0 Å². The monoisotopic (exact) mass is 300 g/mol. The largest absolute Gasteiger partial charge is 0.399 e. The van der Waals surface area contributed by atoms with Gasteiger partial charge < -0.3 is 5.73 Å². The second kappa shape index (κ2) is 4.82. The van der Waals surface area contributed by atoms with Crippen molar-refractivity contribution < 1.29 is 13.3 Å². The van der Waals surface area contributed by atoms with E-state index in [9.17, 15) is 18.5 Å². The summed E-state index contributed by atoms with van der Waals surface area (Å²) in [7, 11) is -4.07. The number of rotatable bonds is 4. The van der Waals surface area contributed by atoms with E-state index in [4.69, 9.17) is 5.73 Å². The summed E-state index contributed by atoms with van der Waals surface area (Å²) in [5.41, 5.74) is 4.95. The number of aromatic nitrogens is 1. The third kappa shape index (κ3) is 2.80. The third-order valence-electron chi connectivity index (χ3n) is 2.12. The molecule has 8 nitrogen and oxygen atoms in total. The number of hydrogen-bond acceptors (Lipinski definition) is 7. The van der Waals surface area contributed by atoms with Crippen LogP contribution in [0.15, 0.2) is 34.7 Å². The number of hydrogen-bond donors (Lipinski definition) is 2. The molecule has 100 valence electrons. The van der Waals surface area contributed by atoms with Crippen LogP contribution in [-0.4, -0.2) is 18.3 Å². The van der Waals surface area contributed by atoms with Gasteiger partial charge in [-0.2, -0.15) is 0 Å². The number of nitrogens with two attached hydrogens (primary N) is 1. The molecule has 19 heavy (non-hydrogen) atoms. The molecule has 0 fully saturated rings. The minimum absolute atomic E-state index is 0.111. The highest BCUT2D eigenvalue weighted by Gasteiger charge is 2.26. The summed E-state index contributed by atoms with van der Waals surface area (Å²) < 4.78 is 26.3. The Morgan fingerprint density at radius 3 is 2.74 bits per heavy atom. The molecule has 0 radical (unpaired) electrons. The number of sulfonamides is 1. The van der Waals surface area contributed by atoms with Crippen LogP contribution >= 0.6 is 11.3 Å². The fourth-order valence-corrected chi connectivity index (χ4v) is 3.29. The first kappa shape index (κ1) is 13.2. The average Bonchev–Trinajstić information content (AvgIpc) is 2.80. The standard InChI is InChI=1S/C9H8N4O4S2/c10-6-1-2-8(7(5-6)13(14)15)19(16,17)12-9-11-3-4-18-9/h1-5H,10H2,(H,11,12). The molecule has 1 heterocycles. The van der Waals surface area contributed by atoms with E-state index in [-0.39, 0.29) is 10.8 Å². The van der Waals surface area contributed by atoms with Crippen LogP contribution in [0.3, 0.4) is 0 Å². The van der Waals surface area contributed by atoms with Crippen molar-refractivity contribution in [2.24, 2.45) is 0 Å². The number of benzene rings is 1. The number of anilines is 2. The molecular formula is C9H8N4O4S2. The second-order valence-electron chi connectivity index (χ2n) is 3.43. The van der Waals surface area contributed by atoms with Crippen LogP contribution in [0.4, 0.5) is 16.5 Å². The number of nitro benzene ring substituents is 1. The second-order valence-corrected chi connectivity index (χ2v) is 5.97. The van der Waals surface area contributed by atoms with Gasteiger partial charge in [0.05, 0.1) is 4.92 Å². The summed E-state index contributed by atoms with van der Waals surface area (Å²) in [6.45, 7) is 0. The van der Waals surface area contributed by atoms with Crippen molar-refractivity contribution in [3.05, 3.63) is 39.9 Å². The van der Waals surface area contributed by atoms with Gasteiger partial charge in [0, 0.05) is 23.3 Å². The van der Waals surface area contributed by atoms with Crippen molar-refractivity contribution in [1.82, 2.24) is 4.98 Å². The highest BCUT2D eigenvalue weighted by molar-refractivity contribution is 7.93. The molecule has 0 bridgehead atoms. The predicted molar refractivity (Wildman–Crippen MR) is 70.4 cm³/mol. The Morgan fingerprint density at radius 1 is 1.42 bits per heavy atom. The van der Waals surface area contributed by atoms with Crippen LogP contribution in [0, 0.1) is 10.1 Å². The lowest BCUT2D eigenvalue weighted by molar-refractivity contribution is -0.387. The Morgan fingerprint density at radius 2 is 2.16 bits per heavy atom. The SMILES string of the molecule is Nc1ccc(S(=O)(=O)Nc2nccs2)c([N+](=O)[O-])c1. The minimum atomic E-state index is -4.07. The van der Waals surface area contributed by atoms with E-state index < -0.39 is 25.5 Å². The van der Waals surface area contributed by atoms with Gasteiger partial charge in [0.1, 0.15) is 0 Å². The van der Waals surface area contributed by atoms with Gasteiger partial charge in [0.2, 0.25) is 0 Å². The van der Waals surface area contributed by atoms with Crippen LogP contribution in [0.25, 0.3) is 0 Å². The molecule has 1 aromatic heterocycles. The van der Waals surface area contributed by atoms with Gasteiger partial charge in [-0.1, -0.05) is 0 Å². The van der Waals surface area contributed by atoms with Gasteiger partial charge >= 0.3 is 0 Å². The van der Waals surface area contributed by atoms with E-state index in [1.54, 1.807) is 5.38 Å². The quantitative estimate of drug-likeness (QED) is 0.499. The number of thiazole rings is 1. The van der Waals surface area contributed by atoms with Gasteiger partial charge in [0.25, 0.3) is 15.7 Å². The van der Waals surface area contributed by atoms with Crippen molar-refractivity contribution in [3.8, 4) is 0 Å². The molecule has 0 aliphatic carbocycles. The maximum absolute atomic E-state index is 12.0. The molecule has 3 N–H and O–H groups in total. The zero-order chi connectivity index (χ0) is 14.0. The highest BCUT2D eigenvalue weighted by Crippen LogP contribution is 2.28. The van der Waals surface area contributed by atoms with Crippen LogP contribution in [0.5, 0.6) is 0 Å². The molecular weight excluding hydrogens is 292 g/mol. The molecule has 0 aliphatic heterocycles. The van der Waals surface area contributed by atoms with Crippen LogP contribution in [0.2, 0.25) is 0 Å². The lowest BCUT2D eigenvalue weighted by Gasteiger charge is -2.06. The highest BCUT2D eigenvalue weighted by atomic mass is 32.2. The first-order valence-corrected chi connectivity index (χ1v) is 7.22. The number of nitrogens with one attached hydrogen (secondary N) is 1. The Balaban J connectivity index is 2.49. The first-order valence-electron chi connectivity index (χ1n) is 4.86. The summed E-state index contributed by atoms with van der Waals surface area (Å²) in [5, 5.41) is 12.6. The van der Waals surface area contributed by atoms with Crippen molar-refractivity contribution in [1.29, 1.82) is 0 Å². The fraction of sp³-hybridized carbons (Fsp3) is 0. The van der Waals surface area contributed by atoms with Gasteiger partial charge in [-0.25, -0.2) is 13.4 Å². The molecule has 0 amide bonds. The normalized spacial score (nSPS) is 11.2. The minimum Gasteiger partial charge on any atom is -0.399 e. The van der Waals surface area contributed by atoms with Crippen LogP contribution in [0.1, 0.15) is 0 Å². The van der Waals surface area contributed by atoms with Crippen LogP contribution < -0.4 is 10.5 Å². The van der Waals surface area contributed by atoms with Gasteiger partial charge in [-0.3, -0.25) is 14.8 Å². The maximum atomic E-state index is 12.0. The zero-order valence-corrected chi connectivity index (χ0v) is 10.9. The predicted octanol–water partition coefficient (Wildman–Crippen LogP) is 1.43. The van der Waals surface area contributed by atoms with Gasteiger partial charge in [-0.15, -0.1) is 11.3 Å². The lowest BCUT2D eigenvalue weighted by atomic mass is 10.3. The fourth-order valence-electron chi connectivity index (χ4n) is 1.35. The molecule has 0 saturated carbocycles. The number of nitro groups is 1. The molecule has 2 aromatic rings. The van der Waals surface area contributed by atoms with Crippen molar-refractivity contribution in [3.63, 3.8) is 0 Å². The Hall–Kier alpha value is -2.20. The molecule has 0 atom stereocenters.